The quantitative estimate of drug-likeness (QED) is 0.804. The largest absolute Gasteiger partial charge is 0.346 e. The van der Waals surface area contributed by atoms with Crippen molar-refractivity contribution in [3.05, 3.63) is 35.4 Å². The fraction of sp³-hybridized carbons (Fsp3) is 0.533. The lowest BCUT2D eigenvalue weighted by Crippen LogP contribution is -2.47. The van der Waals surface area contributed by atoms with Gasteiger partial charge in [-0.15, -0.1) is 11.6 Å². The summed E-state index contributed by atoms with van der Waals surface area (Å²) < 4.78 is 0. The molecule has 0 saturated heterocycles. The van der Waals surface area contributed by atoms with E-state index in [0.29, 0.717) is 17.4 Å². The monoisotopic (exact) mass is 267 g/mol. The van der Waals surface area contributed by atoms with Crippen LogP contribution < -0.4 is 5.32 Å². The summed E-state index contributed by atoms with van der Waals surface area (Å²) in [6, 6.07) is 7.75. The highest BCUT2D eigenvalue weighted by molar-refractivity contribution is 6.18. The number of rotatable bonds is 5. The minimum Gasteiger partial charge on any atom is -0.346 e. The molecule has 1 N–H and O–H groups in total. The maximum Gasteiger partial charge on any atom is 0.251 e. The number of amides is 1. The Morgan fingerprint density at radius 3 is 2.28 bits per heavy atom. The van der Waals surface area contributed by atoms with Gasteiger partial charge >= 0.3 is 0 Å². The summed E-state index contributed by atoms with van der Waals surface area (Å²) in [6.45, 7) is 8.25. The Morgan fingerprint density at radius 1 is 1.33 bits per heavy atom. The highest BCUT2D eigenvalue weighted by atomic mass is 35.5. The van der Waals surface area contributed by atoms with Crippen LogP contribution in [-0.2, 0) is 0 Å². The summed E-state index contributed by atoms with van der Waals surface area (Å²) in [5, 5.41) is 2.99. The zero-order valence-electron chi connectivity index (χ0n) is 11.6. The molecule has 18 heavy (non-hydrogen) atoms. The topological polar surface area (TPSA) is 29.1 Å². The van der Waals surface area contributed by atoms with Crippen LogP contribution in [0.25, 0.3) is 0 Å². The van der Waals surface area contributed by atoms with E-state index in [4.69, 9.17) is 11.6 Å². The molecule has 1 aromatic rings. The molecule has 1 amide bonds. The first kappa shape index (κ1) is 15.0. The molecule has 2 nitrogen and oxygen atoms in total. The molecule has 0 fully saturated rings. The highest BCUT2D eigenvalue weighted by Crippen LogP contribution is 2.16. The molecule has 3 heteroatoms. The molecule has 0 aliphatic carbocycles. The number of nitrogens with one attached hydrogen (secondary N) is 1. The maximum atomic E-state index is 12.1. The lowest BCUT2D eigenvalue weighted by Gasteiger charge is -2.27. The van der Waals surface area contributed by atoms with E-state index in [-0.39, 0.29) is 11.4 Å². The molecule has 0 saturated carbocycles. The molecule has 0 aliphatic heterocycles. The summed E-state index contributed by atoms with van der Waals surface area (Å²) in [5.74, 6) is 0.834. The van der Waals surface area contributed by atoms with Crippen LogP contribution in [0.5, 0.6) is 0 Å². The van der Waals surface area contributed by atoms with Gasteiger partial charge in [0.2, 0.25) is 0 Å². The van der Waals surface area contributed by atoms with Crippen molar-refractivity contribution in [2.24, 2.45) is 0 Å². The van der Waals surface area contributed by atoms with E-state index in [2.05, 4.69) is 19.2 Å². The van der Waals surface area contributed by atoms with Crippen molar-refractivity contribution in [1.29, 1.82) is 0 Å². The van der Waals surface area contributed by atoms with Crippen LogP contribution >= 0.6 is 11.6 Å². The maximum absolute atomic E-state index is 12.1. The number of hydrogen-bond donors (Lipinski definition) is 1. The van der Waals surface area contributed by atoms with Crippen LogP contribution in [0.4, 0.5) is 0 Å². The van der Waals surface area contributed by atoms with Crippen molar-refractivity contribution in [2.45, 2.75) is 45.6 Å². The molecule has 0 aromatic heterocycles. The van der Waals surface area contributed by atoms with Crippen molar-refractivity contribution in [3.63, 3.8) is 0 Å². The van der Waals surface area contributed by atoms with Gasteiger partial charge in [-0.05, 0) is 37.0 Å². The van der Waals surface area contributed by atoms with Crippen molar-refractivity contribution < 1.29 is 4.79 Å². The Kier molecular flexibility index (Phi) is 5.21. The fourth-order valence-electron chi connectivity index (χ4n) is 1.58. The lowest BCUT2D eigenvalue weighted by atomic mass is 9.99. The molecule has 1 aromatic carbocycles. The van der Waals surface area contributed by atoms with Gasteiger partial charge in [0, 0.05) is 11.4 Å². The number of benzene rings is 1. The second kappa shape index (κ2) is 6.24. The van der Waals surface area contributed by atoms with E-state index in [0.717, 1.165) is 6.42 Å². The minimum atomic E-state index is -0.338. The Morgan fingerprint density at radius 2 is 1.89 bits per heavy atom. The molecule has 100 valence electrons. The van der Waals surface area contributed by atoms with Gasteiger partial charge in [-0.3, -0.25) is 4.79 Å². The number of carbonyl (C=O) groups excluding carboxylic acids is 1. The van der Waals surface area contributed by atoms with Crippen LogP contribution in [0.3, 0.4) is 0 Å². The molecule has 0 bridgehead atoms. The normalized spacial score (nSPS) is 14.3. The first-order valence-electron chi connectivity index (χ1n) is 6.40. The van der Waals surface area contributed by atoms with Crippen LogP contribution in [0.1, 0.15) is 56.0 Å². The van der Waals surface area contributed by atoms with E-state index in [1.54, 1.807) is 0 Å². The van der Waals surface area contributed by atoms with E-state index < -0.39 is 0 Å². The first-order chi connectivity index (χ1) is 8.41. The molecule has 0 aliphatic rings. The van der Waals surface area contributed by atoms with Gasteiger partial charge in [0.15, 0.2) is 0 Å². The predicted octanol–water partition coefficient (Wildman–Crippen LogP) is 3.95. The van der Waals surface area contributed by atoms with Crippen molar-refractivity contribution in [3.8, 4) is 0 Å². The zero-order chi connectivity index (χ0) is 13.8. The number of carbonyl (C=O) groups is 1. The third kappa shape index (κ3) is 3.74. The van der Waals surface area contributed by atoms with Gasteiger partial charge in [0.25, 0.3) is 5.91 Å². The Balaban J connectivity index is 2.79. The van der Waals surface area contributed by atoms with Crippen molar-refractivity contribution in [1.82, 2.24) is 5.32 Å². The standard InChI is InChI=1S/C15H22ClNO/c1-5-15(4,10-16)17-14(18)13-8-6-12(7-9-13)11(2)3/h6-9,11H,5,10H2,1-4H3,(H,17,18). The molecule has 0 heterocycles. The third-order valence-corrected chi connectivity index (χ3v) is 3.92. The Labute approximate surface area is 115 Å². The van der Waals surface area contributed by atoms with Gasteiger partial charge in [0.05, 0.1) is 5.54 Å². The predicted molar refractivity (Wildman–Crippen MR) is 77.4 cm³/mol. The van der Waals surface area contributed by atoms with Gasteiger partial charge in [-0.2, -0.15) is 0 Å². The molecule has 1 atom stereocenters. The zero-order valence-corrected chi connectivity index (χ0v) is 12.3. The average molecular weight is 268 g/mol. The minimum absolute atomic E-state index is 0.0599. The van der Waals surface area contributed by atoms with Crippen LogP contribution in [0, 0.1) is 0 Å². The fourth-order valence-corrected chi connectivity index (χ4v) is 1.84. The van der Waals surface area contributed by atoms with Gasteiger partial charge < -0.3 is 5.32 Å². The SMILES string of the molecule is CCC(C)(CCl)NC(=O)c1ccc(C(C)C)cc1. The summed E-state index contributed by atoms with van der Waals surface area (Å²) in [5.41, 5.74) is 1.58. The van der Waals surface area contributed by atoms with Crippen molar-refractivity contribution in [2.75, 3.05) is 5.88 Å². The van der Waals surface area contributed by atoms with Crippen LogP contribution in [0.15, 0.2) is 24.3 Å². The first-order valence-corrected chi connectivity index (χ1v) is 6.93. The Hall–Kier alpha value is -1.02. The molecule has 0 spiro atoms. The number of halogens is 1. The van der Waals surface area contributed by atoms with Gasteiger partial charge in [-0.25, -0.2) is 0 Å². The third-order valence-electron chi connectivity index (χ3n) is 3.33. The molecule has 0 radical (unpaired) electrons. The summed E-state index contributed by atoms with van der Waals surface area (Å²) in [6.07, 6.45) is 0.812. The van der Waals surface area contributed by atoms with Crippen LogP contribution in [0.2, 0.25) is 0 Å². The molecular formula is C15H22ClNO. The van der Waals surface area contributed by atoms with E-state index in [9.17, 15) is 4.79 Å². The summed E-state index contributed by atoms with van der Waals surface area (Å²) in [7, 11) is 0. The Bertz CT molecular complexity index is 393. The van der Waals surface area contributed by atoms with E-state index in [1.807, 2.05) is 38.1 Å². The highest BCUT2D eigenvalue weighted by Gasteiger charge is 2.23. The number of alkyl halides is 1. The van der Waals surface area contributed by atoms with Gasteiger partial charge in [0.1, 0.15) is 0 Å². The van der Waals surface area contributed by atoms with E-state index >= 15 is 0 Å². The second-order valence-electron chi connectivity index (χ2n) is 5.28. The summed E-state index contributed by atoms with van der Waals surface area (Å²) in [4.78, 5) is 12.1. The van der Waals surface area contributed by atoms with E-state index in [1.165, 1.54) is 5.56 Å². The lowest BCUT2D eigenvalue weighted by molar-refractivity contribution is 0.0912. The molecular weight excluding hydrogens is 246 g/mol. The molecule has 1 unspecified atom stereocenters. The second-order valence-corrected chi connectivity index (χ2v) is 5.55. The van der Waals surface area contributed by atoms with Gasteiger partial charge in [-0.1, -0.05) is 32.9 Å². The van der Waals surface area contributed by atoms with Crippen LogP contribution in [-0.4, -0.2) is 17.3 Å². The average Bonchev–Trinajstić information content (AvgIpc) is 2.38. The smallest absolute Gasteiger partial charge is 0.251 e. The summed E-state index contributed by atoms with van der Waals surface area (Å²) >= 11 is 5.89. The molecule has 1 rings (SSSR count). The van der Waals surface area contributed by atoms with Crippen molar-refractivity contribution >= 4 is 17.5 Å². The number of hydrogen-bond acceptors (Lipinski definition) is 1.